The third kappa shape index (κ3) is 3.22. The van der Waals surface area contributed by atoms with Gasteiger partial charge in [0.2, 0.25) is 5.78 Å². The Morgan fingerprint density at radius 2 is 1.72 bits per heavy atom. The Balaban J connectivity index is 1.78. The van der Waals surface area contributed by atoms with Crippen molar-refractivity contribution in [3.8, 4) is 0 Å². The van der Waals surface area contributed by atoms with E-state index in [1.54, 1.807) is 11.6 Å². The summed E-state index contributed by atoms with van der Waals surface area (Å²) in [6.07, 6.45) is 1.84. The van der Waals surface area contributed by atoms with Crippen molar-refractivity contribution < 1.29 is 0 Å². The number of para-hydroxylation sites is 1. The predicted octanol–water partition coefficient (Wildman–Crippen LogP) is 4.04. The Labute approximate surface area is 174 Å². The zero-order valence-corrected chi connectivity index (χ0v) is 17.6. The van der Waals surface area contributed by atoms with Gasteiger partial charge in [0.15, 0.2) is 5.82 Å². The van der Waals surface area contributed by atoms with E-state index in [9.17, 15) is 4.79 Å². The van der Waals surface area contributed by atoms with Crippen molar-refractivity contribution in [2.24, 2.45) is 7.05 Å². The Morgan fingerprint density at radius 1 is 1.03 bits per heavy atom. The fourth-order valence-electron chi connectivity index (χ4n) is 4.03. The molecule has 7 heteroatoms. The van der Waals surface area contributed by atoms with Crippen molar-refractivity contribution in [2.75, 3.05) is 0 Å². The Hall–Kier alpha value is -2.70. The third-order valence-corrected chi connectivity index (χ3v) is 6.13. The fourth-order valence-corrected chi connectivity index (χ4v) is 4.16. The summed E-state index contributed by atoms with van der Waals surface area (Å²) >= 11 is 6.08. The number of nitrogens with zero attached hydrogens (tertiary/aromatic N) is 4. The van der Waals surface area contributed by atoms with Crippen molar-refractivity contribution in [3.63, 3.8) is 0 Å². The van der Waals surface area contributed by atoms with Crippen molar-refractivity contribution >= 4 is 28.3 Å². The Morgan fingerprint density at radius 3 is 2.41 bits per heavy atom. The second-order valence-electron chi connectivity index (χ2n) is 7.28. The molecule has 0 bridgehead atoms. The molecule has 0 amide bonds. The summed E-state index contributed by atoms with van der Waals surface area (Å²) in [4.78, 5) is 12.6. The molecule has 2 heterocycles. The maximum absolute atomic E-state index is 12.6. The lowest BCUT2D eigenvalue weighted by Gasteiger charge is -2.33. The maximum Gasteiger partial charge on any atom is 0.262 e. The molecule has 6 nitrogen and oxygen atoms in total. The first-order valence-corrected chi connectivity index (χ1v) is 10.2. The summed E-state index contributed by atoms with van der Waals surface area (Å²) in [6.45, 7) is 4.87. The number of aryl methyl sites for hydroxylation is 1. The standard InChI is InChI=1S/C22H24ClN5O/c1-4-22(5-2,15-10-12-16(23)13-11-15)24-14-19-25-26-21-27(3)20(29)17-8-6-7-9-18(17)28(19)21/h6-13,24H,4-5,14H2,1-3H3. The Bertz CT molecular complexity index is 1220. The number of hydrogen-bond acceptors (Lipinski definition) is 4. The van der Waals surface area contributed by atoms with Crippen molar-refractivity contribution in [2.45, 2.75) is 38.8 Å². The largest absolute Gasteiger partial charge is 0.300 e. The predicted molar refractivity (Wildman–Crippen MR) is 116 cm³/mol. The van der Waals surface area contributed by atoms with Gasteiger partial charge < -0.3 is 5.32 Å². The summed E-state index contributed by atoms with van der Waals surface area (Å²) in [5, 5.41) is 13.8. The zero-order valence-electron chi connectivity index (χ0n) is 16.8. The second-order valence-corrected chi connectivity index (χ2v) is 7.72. The molecule has 2 aromatic carbocycles. The Kier molecular flexibility index (Phi) is 5.15. The van der Waals surface area contributed by atoms with Crippen LogP contribution in [0.15, 0.2) is 53.3 Å². The molecule has 2 aromatic heterocycles. The number of nitrogens with one attached hydrogen (secondary N) is 1. The van der Waals surface area contributed by atoms with Gasteiger partial charge in [-0.3, -0.25) is 13.8 Å². The van der Waals surface area contributed by atoms with Crippen LogP contribution in [0.4, 0.5) is 0 Å². The summed E-state index contributed by atoms with van der Waals surface area (Å²) < 4.78 is 3.51. The van der Waals surface area contributed by atoms with Crippen LogP contribution in [0.5, 0.6) is 0 Å². The molecule has 4 rings (SSSR count). The molecule has 1 N–H and O–H groups in total. The van der Waals surface area contributed by atoms with E-state index in [0.717, 1.165) is 29.2 Å². The monoisotopic (exact) mass is 409 g/mol. The highest BCUT2D eigenvalue weighted by Gasteiger charge is 2.28. The number of fused-ring (bicyclic) bond motifs is 3. The van der Waals surface area contributed by atoms with E-state index in [0.29, 0.717) is 17.7 Å². The number of hydrogen-bond donors (Lipinski definition) is 1. The van der Waals surface area contributed by atoms with Crippen LogP contribution < -0.4 is 10.9 Å². The van der Waals surface area contributed by atoms with Crippen LogP contribution in [0.25, 0.3) is 16.7 Å². The summed E-state index contributed by atoms with van der Waals surface area (Å²) in [7, 11) is 1.73. The fraction of sp³-hybridized carbons (Fsp3) is 0.318. The molecule has 150 valence electrons. The number of aromatic nitrogens is 4. The van der Waals surface area contributed by atoms with Crippen molar-refractivity contribution in [1.82, 2.24) is 24.5 Å². The number of rotatable bonds is 6. The number of benzene rings is 2. The highest BCUT2D eigenvalue weighted by molar-refractivity contribution is 6.30. The second kappa shape index (κ2) is 7.61. The molecule has 0 fully saturated rings. The smallest absolute Gasteiger partial charge is 0.262 e. The molecule has 0 saturated carbocycles. The third-order valence-electron chi connectivity index (χ3n) is 5.88. The average molecular weight is 410 g/mol. The van der Waals surface area contributed by atoms with Gasteiger partial charge in [0.05, 0.1) is 17.4 Å². The van der Waals surface area contributed by atoms with Crippen LogP contribution in [-0.4, -0.2) is 19.2 Å². The minimum absolute atomic E-state index is 0.0716. The molecule has 0 atom stereocenters. The molecule has 0 aliphatic carbocycles. The lowest BCUT2D eigenvalue weighted by atomic mass is 9.84. The molecule has 0 radical (unpaired) electrons. The van der Waals surface area contributed by atoms with Crippen LogP contribution in [0.3, 0.4) is 0 Å². The average Bonchev–Trinajstić information content (AvgIpc) is 3.18. The zero-order chi connectivity index (χ0) is 20.6. The minimum Gasteiger partial charge on any atom is -0.300 e. The number of halogens is 1. The molecule has 0 aliphatic rings. The van der Waals surface area contributed by atoms with Gasteiger partial charge >= 0.3 is 0 Å². The SMILES string of the molecule is CCC(CC)(NCc1nnc2n(C)c(=O)c3ccccc3n12)c1ccc(Cl)cc1. The van der Waals surface area contributed by atoms with Gasteiger partial charge in [-0.2, -0.15) is 0 Å². The van der Waals surface area contributed by atoms with Crippen LogP contribution in [0, 0.1) is 0 Å². The van der Waals surface area contributed by atoms with E-state index in [1.807, 2.05) is 40.8 Å². The van der Waals surface area contributed by atoms with E-state index in [4.69, 9.17) is 11.6 Å². The molecular formula is C22H24ClN5O. The van der Waals surface area contributed by atoms with Gasteiger partial charge in [-0.25, -0.2) is 0 Å². The first-order chi connectivity index (χ1) is 14.0. The lowest BCUT2D eigenvalue weighted by Crippen LogP contribution is -2.41. The van der Waals surface area contributed by atoms with Crippen molar-refractivity contribution in [3.05, 3.63) is 75.3 Å². The van der Waals surface area contributed by atoms with Gasteiger partial charge in [0.25, 0.3) is 5.56 Å². The molecule has 0 unspecified atom stereocenters. The van der Waals surface area contributed by atoms with E-state index >= 15 is 0 Å². The molecule has 29 heavy (non-hydrogen) atoms. The van der Waals surface area contributed by atoms with Crippen molar-refractivity contribution in [1.29, 1.82) is 0 Å². The van der Waals surface area contributed by atoms with E-state index in [2.05, 4.69) is 41.5 Å². The summed E-state index contributed by atoms with van der Waals surface area (Å²) in [6, 6.07) is 15.6. The highest BCUT2D eigenvalue weighted by Crippen LogP contribution is 2.30. The van der Waals surface area contributed by atoms with Crippen LogP contribution in [0.1, 0.15) is 38.1 Å². The van der Waals surface area contributed by atoms with Gasteiger partial charge in [-0.15, -0.1) is 10.2 Å². The summed E-state index contributed by atoms with van der Waals surface area (Å²) in [5.74, 6) is 1.31. The van der Waals surface area contributed by atoms with Gasteiger partial charge in [-0.05, 0) is 42.7 Å². The van der Waals surface area contributed by atoms with E-state index in [1.165, 1.54) is 5.56 Å². The molecule has 4 aromatic rings. The maximum atomic E-state index is 12.6. The van der Waals surface area contributed by atoms with Crippen LogP contribution in [-0.2, 0) is 19.1 Å². The van der Waals surface area contributed by atoms with E-state index < -0.39 is 0 Å². The van der Waals surface area contributed by atoms with Gasteiger partial charge in [0, 0.05) is 17.6 Å². The molecular weight excluding hydrogens is 386 g/mol. The quantitative estimate of drug-likeness (QED) is 0.522. The highest BCUT2D eigenvalue weighted by atomic mass is 35.5. The topological polar surface area (TPSA) is 64.2 Å². The first-order valence-electron chi connectivity index (χ1n) is 9.83. The normalized spacial score (nSPS) is 12.1. The van der Waals surface area contributed by atoms with Gasteiger partial charge in [-0.1, -0.05) is 49.7 Å². The van der Waals surface area contributed by atoms with Crippen LogP contribution in [0.2, 0.25) is 5.02 Å². The first kappa shape index (κ1) is 19.6. The molecule has 0 saturated heterocycles. The van der Waals surface area contributed by atoms with Gasteiger partial charge in [0.1, 0.15) is 0 Å². The summed E-state index contributed by atoms with van der Waals surface area (Å²) in [5.41, 5.74) is 1.74. The lowest BCUT2D eigenvalue weighted by molar-refractivity contribution is 0.302. The van der Waals surface area contributed by atoms with E-state index in [-0.39, 0.29) is 11.1 Å². The molecule has 0 aliphatic heterocycles. The molecule has 0 spiro atoms. The van der Waals surface area contributed by atoms with Crippen LogP contribution >= 0.6 is 11.6 Å². The minimum atomic E-state index is -0.201.